The monoisotopic (exact) mass is 304 g/mol. The molecule has 4 N–H and O–H groups in total. The van der Waals surface area contributed by atoms with Crippen molar-refractivity contribution in [3.05, 3.63) is 27.1 Å². The molecule has 19 heavy (non-hydrogen) atoms. The summed E-state index contributed by atoms with van der Waals surface area (Å²) in [5.41, 5.74) is 5.48. The summed E-state index contributed by atoms with van der Waals surface area (Å²) in [6.45, 7) is 0.656. The summed E-state index contributed by atoms with van der Waals surface area (Å²) in [4.78, 5) is 9.79. The Hall–Kier alpha value is -1.55. The van der Waals surface area contributed by atoms with Crippen LogP contribution in [0.3, 0.4) is 0 Å². The normalized spacial score (nSPS) is 11.3. The van der Waals surface area contributed by atoms with Gasteiger partial charge in [0.2, 0.25) is 5.13 Å². The van der Waals surface area contributed by atoms with Crippen LogP contribution in [0.2, 0.25) is 0 Å². The minimum atomic E-state index is -0.494. The molecule has 1 heterocycles. The van der Waals surface area contributed by atoms with Crippen molar-refractivity contribution in [1.82, 2.24) is 20.8 Å². The molecule has 0 aromatic carbocycles. The van der Waals surface area contributed by atoms with Gasteiger partial charge >= 0.3 is 0 Å². The number of aryl methyl sites for hydroxylation is 1. The highest BCUT2D eigenvalue weighted by Crippen LogP contribution is 2.13. The van der Waals surface area contributed by atoms with E-state index >= 15 is 0 Å². The van der Waals surface area contributed by atoms with Crippen LogP contribution in [-0.4, -0.2) is 40.2 Å². The Balaban J connectivity index is 2.09. The van der Waals surface area contributed by atoms with Gasteiger partial charge in [0.25, 0.3) is 6.20 Å². The zero-order valence-corrected chi connectivity index (χ0v) is 12.1. The molecular weight excluding hydrogens is 288 g/mol. The van der Waals surface area contributed by atoms with Crippen LogP contribution in [-0.2, 0) is 6.42 Å². The Kier molecular flexibility index (Phi) is 6.97. The largest absolute Gasteiger partial charge is 0.374 e. The van der Waals surface area contributed by atoms with Crippen molar-refractivity contribution in [3.63, 3.8) is 0 Å². The molecule has 0 unspecified atom stereocenters. The van der Waals surface area contributed by atoms with E-state index in [1.54, 1.807) is 18.8 Å². The highest BCUT2D eigenvalue weighted by molar-refractivity contribution is 7.99. The molecular formula is C9H16N6O2S2. The molecule has 1 aromatic heterocycles. The summed E-state index contributed by atoms with van der Waals surface area (Å²) in [6, 6.07) is 0. The number of anilines is 1. The first-order valence-corrected chi connectivity index (χ1v) is 7.51. The van der Waals surface area contributed by atoms with Crippen molar-refractivity contribution in [1.29, 1.82) is 0 Å². The van der Waals surface area contributed by atoms with Crippen molar-refractivity contribution in [2.45, 2.75) is 6.42 Å². The van der Waals surface area contributed by atoms with E-state index in [0.29, 0.717) is 17.5 Å². The second kappa shape index (κ2) is 8.53. The first-order valence-electron chi connectivity index (χ1n) is 5.54. The lowest BCUT2D eigenvalue weighted by atomic mass is 10.5. The van der Waals surface area contributed by atoms with Gasteiger partial charge in [0.1, 0.15) is 5.01 Å². The van der Waals surface area contributed by atoms with E-state index in [9.17, 15) is 10.1 Å². The number of nitrogens with two attached hydrogens (primary N) is 1. The molecule has 106 valence electrons. The molecule has 0 saturated heterocycles. The summed E-state index contributed by atoms with van der Waals surface area (Å²) >= 11 is 3.14. The molecule has 0 aliphatic carbocycles. The maximum absolute atomic E-state index is 10.3. The number of nitro groups is 1. The van der Waals surface area contributed by atoms with E-state index in [4.69, 9.17) is 5.73 Å². The lowest BCUT2D eigenvalue weighted by Crippen LogP contribution is -2.26. The highest BCUT2D eigenvalue weighted by Gasteiger charge is 2.01. The second-order valence-electron chi connectivity index (χ2n) is 3.40. The lowest BCUT2D eigenvalue weighted by molar-refractivity contribution is -0.404. The third-order valence-corrected chi connectivity index (χ3v) is 3.81. The van der Waals surface area contributed by atoms with Crippen LogP contribution in [0, 0.1) is 10.1 Å². The van der Waals surface area contributed by atoms with Crippen LogP contribution in [0.5, 0.6) is 0 Å². The fourth-order valence-electron chi connectivity index (χ4n) is 1.19. The number of thioether (sulfide) groups is 1. The SMILES string of the molecule is CNC(=C[N+](=O)[O-])NCCSCCc1nnc(N)s1. The molecule has 0 saturated carbocycles. The minimum absolute atomic E-state index is 0.405. The maximum atomic E-state index is 10.3. The smallest absolute Gasteiger partial charge is 0.274 e. The van der Waals surface area contributed by atoms with Crippen LogP contribution in [0.15, 0.2) is 12.0 Å². The Morgan fingerprint density at radius 1 is 1.58 bits per heavy atom. The molecule has 0 radical (unpaired) electrons. The number of hydrogen-bond acceptors (Lipinski definition) is 9. The van der Waals surface area contributed by atoms with Gasteiger partial charge in [0.15, 0.2) is 5.82 Å². The van der Waals surface area contributed by atoms with E-state index in [-0.39, 0.29) is 0 Å². The van der Waals surface area contributed by atoms with Crippen LogP contribution in [0.4, 0.5) is 5.13 Å². The maximum Gasteiger partial charge on any atom is 0.274 e. The Morgan fingerprint density at radius 3 is 2.95 bits per heavy atom. The van der Waals surface area contributed by atoms with Gasteiger partial charge in [-0.3, -0.25) is 10.1 Å². The molecule has 0 amide bonds. The van der Waals surface area contributed by atoms with Gasteiger partial charge in [0.05, 0.1) is 4.92 Å². The molecule has 0 aliphatic heterocycles. The van der Waals surface area contributed by atoms with Crippen LogP contribution in [0.25, 0.3) is 0 Å². The predicted molar refractivity (Wildman–Crippen MR) is 77.5 cm³/mol. The molecule has 8 nitrogen and oxygen atoms in total. The van der Waals surface area contributed by atoms with E-state index in [2.05, 4.69) is 20.8 Å². The number of aromatic nitrogens is 2. The molecule has 1 aromatic rings. The highest BCUT2D eigenvalue weighted by atomic mass is 32.2. The topological polar surface area (TPSA) is 119 Å². The molecule has 0 bridgehead atoms. The number of rotatable bonds is 9. The first kappa shape index (κ1) is 15.5. The Morgan fingerprint density at radius 2 is 2.37 bits per heavy atom. The second-order valence-corrected chi connectivity index (χ2v) is 5.72. The molecule has 0 spiro atoms. The Labute approximate surface area is 119 Å². The fraction of sp³-hybridized carbons (Fsp3) is 0.556. The van der Waals surface area contributed by atoms with Crippen LogP contribution < -0.4 is 16.4 Å². The molecule has 0 aliphatic rings. The zero-order chi connectivity index (χ0) is 14.1. The van der Waals surface area contributed by atoms with Gasteiger partial charge < -0.3 is 16.4 Å². The average molecular weight is 304 g/mol. The van der Waals surface area contributed by atoms with Crippen LogP contribution >= 0.6 is 23.1 Å². The number of hydrogen-bond donors (Lipinski definition) is 3. The summed E-state index contributed by atoms with van der Waals surface area (Å²) < 4.78 is 0. The lowest BCUT2D eigenvalue weighted by Gasteiger charge is -2.07. The summed E-state index contributed by atoms with van der Waals surface area (Å²) in [7, 11) is 1.63. The molecule has 10 heteroatoms. The van der Waals surface area contributed by atoms with E-state index in [1.165, 1.54) is 11.3 Å². The zero-order valence-electron chi connectivity index (χ0n) is 10.5. The van der Waals surface area contributed by atoms with E-state index < -0.39 is 4.92 Å². The predicted octanol–water partition coefficient (Wildman–Crippen LogP) is 0.281. The summed E-state index contributed by atoms with van der Waals surface area (Å²) in [6.07, 6.45) is 1.75. The number of nitrogens with one attached hydrogen (secondary N) is 2. The number of nitrogens with zero attached hydrogens (tertiary/aromatic N) is 3. The molecule has 0 atom stereocenters. The Bertz CT molecular complexity index is 436. The van der Waals surface area contributed by atoms with Gasteiger partial charge in [-0.25, -0.2) is 0 Å². The van der Waals surface area contributed by atoms with Crippen molar-refractivity contribution in [2.24, 2.45) is 0 Å². The molecule has 1 rings (SSSR count). The van der Waals surface area contributed by atoms with Crippen molar-refractivity contribution in [3.8, 4) is 0 Å². The summed E-state index contributed by atoms with van der Waals surface area (Å²) in [5.74, 6) is 2.18. The average Bonchev–Trinajstić information content (AvgIpc) is 2.77. The van der Waals surface area contributed by atoms with Crippen LogP contribution in [0.1, 0.15) is 5.01 Å². The number of nitrogen functional groups attached to an aromatic ring is 1. The molecule has 0 fully saturated rings. The summed E-state index contributed by atoms with van der Waals surface area (Å²) in [5, 5.41) is 25.0. The standard InChI is InChI=1S/C9H16N6O2S2/c1-11-7(6-15(16)17)12-3-5-18-4-2-8-13-14-9(10)19-8/h6,11-12H,2-5H2,1H3,(H2,10,14). The van der Waals surface area contributed by atoms with Gasteiger partial charge in [0, 0.05) is 25.8 Å². The van der Waals surface area contributed by atoms with E-state index in [1.807, 2.05) is 0 Å². The van der Waals surface area contributed by atoms with E-state index in [0.717, 1.165) is 29.1 Å². The minimum Gasteiger partial charge on any atom is -0.374 e. The van der Waals surface area contributed by atoms with Crippen molar-refractivity contribution < 1.29 is 4.92 Å². The van der Waals surface area contributed by atoms with Gasteiger partial charge in [-0.1, -0.05) is 11.3 Å². The van der Waals surface area contributed by atoms with Crippen molar-refractivity contribution in [2.75, 3.05) is 30.8 Å². The van der Waals surface area contributed by atoms with Crippen molar-refractivity contribution >= 4 is 28.2 Å². The fourth-order valence-corrected chi connectivity index (χ4v) is 2.72. The third-order valence-electron chi connectivity index (χ3n) is 2.01. The first-order chi connectivity index (χ1) is 9.11. The van der Waals surface area contributed by atoms with Gasteiger partial charge in [-0.2, -0.15) is 11.8 Å². The van der Waals surface area contributed by atoms with Gasteiger partial charge in [-0.15, -0.1) is 10.2 Å². The quantitative estimate of drug-likeness (QED) is 0.338. The van der Waals surface area contributed by atoms with Gasteiger partial charge in [-0.05, 0) is 5.75 Å². The third kappa shape index (κ3) is 6.82.